The van der Waals surface area contributed by atoms with E-state index in [4.69, 9.17) is 5.14 Å². The Morgan fingerprint density at radius 2 is 1.86 bits per heavy atom. The van der Waals surface area contributed by atoms with Crippen molar-refractivity contribution < 1.29 is 8.42 Å². The van der Waals surface area contributed by atoms with Gasteiger partial charge in [0.05, 0.1) is 16.3 Å². The SMILES string of the molecule is Cc1ccc(-c2csc3ncnc(NC(C)c4cccc(S(N)(=O)=O)c4)c23)cc1. The molecule has 4 aromatic rings. The third-order valence-corrected chi connectivity index (χ3v) is 6.57. The van der Waals surface area contributed by atoms with Crippen LogP contribution in [0.4, 0.5) is 5.82 Å². The number of fused-ring (bicyclic) bond motifs is 1. The number of nitrogens with two attached hydrogens (primary N) is 1. The van der Waals surface area contributed by atoms with Gasteiger partial charge in [0.15, 0.2) is 0 Å². The third-order valence-electron chi connectivity index (χ3n) is 4.77. The highest BCUT2D eigenvalue weighted by Gasteiger charge is 2.16. The Balaban J connectivity index is 1.73. The third kappa shape index (κ3) is 4.00. The van der Waals surface area contributed by atoms with Crippen molar-refractivity contribution in [3.63, 3.8) is 0 Å². The van der Waals surface area contributed by atoms with Gasteiger partial charge in [-0.1, -0.05) is 42.0 Å². The monoisotopic (exact) mass is 424 g/mol. The van der Waals surface area contributed by atoms with E-state index in [1.807, 2.05) is 13.0 Å². The molecule has 1 unspecified atom stereocenters. The van der Waals surface area contributed by atoms with Crippen molar-refractivity contribution >= 4 is 37.4 Å². The van der Waals surface area contributed by atoms with Crippen LogP contribution in [0.3, 0.4) is 0 Å². The van der Waals surface area contributed by atoms with Crippen molar-refractivity contribution in [1.82, 2.24) is 9.97 Å². The number of nitrogens with one attached hydrogen (secondary N) is 1. The summed E-state index contributed by atoms with van der Waals surface area (Å²) in [6.45, 7) is 4.01. The molecule has 0 fully saturated rings. The van der Waals surface area contributed by atoms with Gasteiger partial charge < -0.3 is 5.32 Å². The zero-order chi connectivity index (χ0) is 20.6. The minimum atomic E-state index is -3.76. The Hall–Kier alpha value is -2.81. The van der Waals surface area contributed by atoms with Crippen molar-refractivity contribution in [2.24, 2.45) is 5.14 Å². The van der Waals surface area contributed by atoms with E-state index in [1.165, 1.54) is 18.0 Å². The molecule has 2 aromatic carbocycles. The number of hydrogen-bond donors (Lipinski definition) is 2. The molecule has 8 heteroatoms. The van der Waals surface area contributed by atoms with Crippen LogP contribution in [-0.2, 0) is 10.0 Å². The summed E-state index contributed by atoms with van der Waals surface area (Å²) in [5.74, 6) is 0.709. The van der Waals surface area contributed by atoms with Gasteiger partial charge in [-0.15, -0.1) is 11.3 Å². The first-order chi connectivity index (χ1) is 13.8. The zero-order valence-electron chi connectivity index (χ0n) is 16.0. The molecule has 4 rings (SSSR count). The molecule has 0 radical (unpaired) electrons. The minimum Gasteiger partial charge on any atom is -0.363 e. The Morgan fingerprint density at radius 1 is 1.10 bits per heavy atom. The Labute approximate surface area is 173 Å². The molecule has 0 saturated carbocycles. The molecule has 148 valence electrons. The molecule has 29 heavy (non-hydrogen) atoms. The lowest BCUT2D eigenvalue weighted by Gasteiger charge is -2.17. The normalized spacial score (nSPS) is 12.8. The van der Waals surface area contributed by atoms with Gasteiger partial charge in [0.1, 0.15) is 17.0 Å². The number of primary sulfonamides is 1. The summed E-state index contributed by atoms with van der Waals surface area (Å²) >= 11 is 1.57. The summed E-state index contributed by atoms with van der Waals surface area (Å²) in [5, 5.41) is 11.7. The average Bonchev–Trinajstić information content (AvgIpc) is 3.13. The first-order valence-electron chi connectivity index (χ1n) is 9.01. The van der Waals surface area contributed by atoms with Crippen molar-refractivity contribution in [3.8, 4) is 11.1 Å². The van der Waals surface area contributed by atoms with Crippen LogP contribution in [-0.4, -0.2) is 18.4 Å². The van der Waals surface area contributed by atoms with Crippen LogP contribution in [0.2, 0.25) is 0 Å². The standard InChI is InChI=1S/C21H20N4O2S2/c1-13-6-8-15(9-7-13)18-11-28-21-19(18)20(23-12-24-21)25-14(2)16-4-3-5-17(10-16)29(22,26)27/h3-12,14H,1-2H3,(H2,22,26,27)(H,23,24,25). The van der Waals surface area contributed by atoms with E-state index in [2.05, 4.69) is 51.9 Å². The van der Waals surface area contributed by atoms with Gasteiger partial charge in [0.25, 0.3) is 0 Å². The van der Waals surface area contributed by atoms with Crippen LogP contribution >= 0.6 is 11.3 Å². The molecule has 2 heterocycles. The van der Waals surface area contributed by atoms with Crippen molar-refractivity contribution in [2.75, 3.05) is 5.32 Å². The summed E-state index contributed by atoms with van der Waals surface area (Å²) < 4.78 is 23.3. The maximum Gasteiger partial charge on any atom is 0.238 e. The van der Waals surface area contributed by atoms with Crippen LogP contribution in [0, 0.1) is 6.92 Å². The summed E-state index contributed by atoms with van der Waals surface area (Å²) in [5.41, 5.74) is 4.17. The van der Waals surface area contributed by atoms with Crippen LogP contribution in [0.1, 0.15) is 24.1 Å². The molecule has 1 atom stereocenters. The number of nitrogens with zero attached hydrogens (tertiary/aromatic N) is 2. The Bertz CT molecular complexity index is 1280. The van der Waals surface area contributed by atoms with Crippen molar-refractivity contribution in [1.29, 1.82) is 0 Å². The number of thiophene rings is 1. The molecule has 0 aliphatic carbocycles. The number of anilines is 1. The minimum absolute atomic E-state index is 0.0902. The van der Waals surface area contributed by atoms with E-state index < -0.39 is 10.0 Å². The predicted molar refractivity (Wildman–Crippen MR) is 117 cm³/mol. The second-order valence-electron chi connectivity index (χ2n) is 6.90. The second kappa shape index (κ2) is 7.55. The van der Waals surface area contributed by atoms with Crippen LogP contribution in [0.5, 0.6) is 0 Å². The van der Waals surface area contributed by atoms with Crippen molar-refractivity contribution in [2.45, 2.75) is 24.8 Å². The zero-order valence-corrected chi connectivity index (χ0v) is 17.6. The molecular weight excluding hydrogens is 404 g/mol. The fourth-order valence-corrected chi connectivity index (χ4v) is 4.66. The molecule has 0 aliphatic heterocycles. The first-order valence-corrected chi connectivity index (χ1v) is 11.4. The van der Waals surface area contributed by atoms with Crippen LogP contribution < -0.4 is 10.5 Å². The van der Waals surface area contributed by atoms with E-state index in [9.17, 15) is 8.42 Å². The lowest BCUT2D eigenvalue weighted by molar-refractivity contribution is 0.597. The highest BCUT2D eigenvalue weighted by atomic mass is 32.2. The van der Waals surface area contributed by atoms with Gasteiger partial charge in [0, 0.05) is 10.9 Å². The van der Waals surface area contributed by atoms with E-state index in [0.29, 0.717) is 5.82 Å². The van der Waals surface area contributed by atoms with E-state index >= 15 is 0 Å². The Kier molecular flexibility index (Phi) is 5.08. The molecular formula is C21H20N4O2S2. The van der Waals surface area contributed by atoms with Gasteiger partial charge in [0.2, 0.25) is 10.0 Å². The van der Waals surface area contributed by atoms with Crippen LogP contribution in [0.25, 0.3) is 21.3 Å². The van der Waals surface area contributed by atoms with Crippen LogP contribution in [0.15, 0.2) is 65.1 Å². The average molecular weight is 425 g/mol. The fraction of sp³-hybridized carbons (Fsp3) is 0.143. The quantitative estimate of drug-likeness (QED) is 0.492. The van der Waals surface area contributed by atoms with Gasteiger partial charge >= 0.3 is 0 Å². The molecule has 0 saturated heterocycles. The molecule has 6 nitrogen and oxygen atoms in total. The number of sulfonamides is 1. The topological polar surface area (TPSA) is 98.0 Å². The molecule has 0 spiro atoms. The summed E-state index contributed by atoms with van der Waals surface area (Å²) in [7, 11) is -3.76. The summed E-state index contributed by atoms with van der Waals surface area (Å²) in [6.07, 6.45) is 1.54. The highest BCUT2D eigenvalue weighted by molar-refractivity contribution is 7.89. The number of hydrogen-bond acceptors (Lipinski definition) is 6. The van der Waals surface area contributed by atoms with Gasteiger partial charge in [-0.3, -0.25) is 0 Å². The first kappa shape index (κ1) is 19.5. The van der Waals surface area contributed by atoms with E-state index in [0.717, 1.165) is 26.9 Å². The fourth-order valence-electron chi connectivity index (χ4n) is 3.18. The summed E-state index contributed by atoms with van der Waals surface area (Å²) in [6, 6.07) is 14.8. The van der Waals surface area contributed by atoms with Gasteiger partial charge in [-0.05, 0) is 37.1 Å². The largest absolute Gasteiger partial charge is 0.363 e. The molecule has 0 amide bonds. The number of aryl methyl sites for hydroxylation is 1. The molecule has 3 N–H and O–H groups in total. The lowest BCUT2D eigenvalue weighted by Crippen LogP contribution is -2.14. The molecule has 2 aromatic heterocycles. The second-order valence-corrected chi connectivity index (χ2v) is 9.32. The smallest absolute Gasteiger partial charge is 0.238 e. The number of rotatable bonds is 5. The maximum absolute atomic E-state index is 11.7. The van der Waals surface area contributed by atoms with Gasteiger partial charge in [-0.2, -0.15) is 0 Å². The molecule has 0 aliphatic rings. The Morgan fingerprint density at radius 3 is 2.59 bits per heavy atom. The lowest BCUT2D eigenvalue weighted by atomic mass is 10.0. The van der Waals surface area contributed by atoms with E-state index in [-0.39, 0.29) is 10.9 Å². The predicted octanol–water partition coefficient (Wildman–Crippen LogP) is 4.49. The highest BCUT2D eigenvalue weighted by Crippen LogP contribution is 2.37. The number of aromatic nitrogens is 2. The summed E-state index contributed by atoms with van der Waals surface area (Å²) in [4.78, 5) is 9.85. The van der Waals surface area contributed by atoms with Crippen molar-refractivity contribution in [3.05, 3.63) is 71.4 Å². The van der Waals surface area contributed by atoms with E-state index in [1.54, 1.807) is 23.5 Å². The van der Waals surface area contributed by atoms with Gasteiger partial charge in [-0.25, -0.2) is 23.5 Å². The molecule has 0 bridgehead atoms. The number of benzene rings is 2. The maximum atomic E-state index is 11.7.